The van der Waals surface area contributed by atoms with Crippen LogP contribution in [0, 0.1) is 0 Å². The summed E-state index contributed by atoms with van der Waals surface area (Å²) >= 11 is 0. The Bertz CT molecular complexity index is 620. The number of hydrogen-bond donors (Lipinski definition) is 0. The molecule has 1 saturated heterocycles. The Hall–Kier alpha value is -2.17. The van der Waals surface area contributed by atoms with Gasteiger partial charge in [-0.05, 0) is 24.5 Å². The van der Waals surface area contributed by atoms with Gasteiger partial charge in [0.25, 0.3) is 0 Å². The number of benzene rings is 1. The summed E-state index contributed by atoms with van der Waals surface area (Å²) in [7, 11) is 1.85. The van der Waals surface area contributed by atoms with E-state index in [0.717, 1.165) is 12.4 Å². The molecule has 3 rings (SSSR count). The van der Waals surface area contributed by atoms with E-state index >= 15 is 0 Å². The zero-order chi connectivity index (χ0) is 14.7. The van der Waals surface area contributed by atoms with E-state index in [4.69, 9.17) is 0 Å². The lowest BCUT2D eigenvalue weighted by atomic mass is 10.1. The molecule has 0 bridgehead atoms. The average molecular weight is 286 g/mol. The van der Waals surface area contributed by atoms with Crippen LogP contribution in [0.15, 0.2) is 36.4 Å². The van der Waals surface area contributed by atoms with Crippen molar-refractivity contribution in [3.8, 4) is 0 Å². The van der Waals surface area contributed by atoms with Crippen molar-refractivity contribution >= 4 is 12.0 Å². The van der Waals surface area contributed by atoms with Gasteiger partial charge >= 0.3 is 0 Å². The summed E-state index contributed by atoms with van der Waals surface area (Å²) in [6, 6.07) is 10.2. The van der Waals surface area contributed by atoms with Crippen LogP contribution in [0.4, 0.5) is 10.3 Å². The van der Waals surface area contributed by atoms with Gasteiger partial charge in [0, 0.05) is 13.6 Å². The van der Waals surface area contributed by atoms with Crippen LogP contribution in [0.1, 0.15) is 17.8 Å². The molecule has 0 N–H and O–H groups in total. The van der Waals surface area contributed by atoms with Gasteiger partial charge in [-0.1, -0.05) is 36.4 Å². The molecule has 0 saturated carbocycles. The van der Waals surface area contributed by atoms with Gasteiger partial charge in [0.05, 0.1) is 6.54 Å². The number of rotatable bonds is 4. The Balaban J connectivity index is 1.66. The third-order valence-corrected chi connectivity index (χ3v) is 3.63. The molecular weight excluding hydrogens is 267 g/mol. The molecule has 2 heterocycles. The van der Waals surface area contributed by atoms with Crippen molar-refractivity contribution in [3.05, 3.63) is 47.8 Å². The number of alkyl halides is 1. The van der Waals surface area contributed by atoms with Gasteiger partial charge in [-0.15, -0.1) is 0 Å². The molecule has 1 aliphatic heterocycles. The van der Waals surface area contributed by atoms with Crippen molar-refractivity contribution in [1.29, 1.82) is 0 Å². The maximum atomic E-state index is 13.3. The summed E-state index contributed by atoms with van der Waals surface area (Å²) in [6.07, 6.45) is 4.64. The fraction of sp³-hybridized carbons (Fsp3) is 0.375. The second-order valence-electron chi connectivity index (χ2n) is 5.32. The Labute approximate surface area is 123 Å². The van der Waals surface area contributed by atoms with Crippen molar-refractivity contribution in [3.63, 3.8) is 0 Å². The molecule has 1 aromatic carbocycles. The summed E-state index contributed by atoms with van der Waals surface area (Å²) in [6.45, 7) is 1.13. The quantitative estimate of drug-likeness (QED) is 0.866. The molecule has 1 aliphatic rings. The van der Waals surface area contributed by atoms with E-state index < -0.39 is 6.17 Å². The highest BCUT2D eigenvalue weighted by atomic mass is 19.1. The van der Waals surface area contributed by atoms with Crippen LogP contribution in [-0.2, 0) is 13.5 Å². The van der Waals surface area contributed by atoms with Crippen molar-refractivity contribution in [1.82, 2.24) is 14.8 Å². The predicted octanol–water partition coefficient (Wildman–Crippen LogP) is 2.62. The monoisotopic (exact) mass is 286 g/mol. The van der Waals surface area contributed by atoms with E-state index in [1.807, 2.05) is 36.2 Å². The van der Waals surface area contributed by atoms with Gasteiger partial charge in [0.2, 0.25) is 5.95 Å². The molecule has 4 nitrogen and oxygen atoms in total. The van der Waals surface area contributed by atoms with Crippen molar-refractivity contribution < 1.29 is 4.39 Å². The first-order valence-corrected chi connectivity index (χ1v) is 7.23. The van der Waals surface area contributed by atoms with Crippen LogP contribution in [-0.4, -0.2) is 34.0 Å². The minimum atomic E-state index is -0.751. The van der Waals surface area contributed by atoms with Crippen molar-refractivity contribution in [2.24, 2.45) is 7.05 Å². The predicted molar refractivity (Wildman–Crippen MR) is 81.9 cm³/mol. The Morgan fingerprint density at radius 1 is 1.33 bits per heavy atom. The molecule has 5 heteroatoms. The molecule has 1 unspecified atom stereocenters. The zero-order valence-electron chi connectivity index (χ0n) is 12.1. The highest BCUT2D eigenvalue weighted by Gasteiger charge is 2.25. The summed E-state index contributed by atoms with van der Waals surface area (Å²) in [5.41, 5.74) is 1.25. The summed E-state index contributed by atoms with van der Waals surface area (Å²) in [5.74, 6) is 1.42. The average Bonchev–Trinajstić information content (AvgIpc) is 3.06. The van der Waals surface area contributed by atoms with E-state index in [1.54, 1.807) is 4.68 Å². The normalized spacial score (nSPS) is 18.8. The van der Waals surface area contributed by atoms with Crippen LogP contribution < -0.4 is 4.90 Å². The smallest absolute Gasteiger partial charge is 0.224 e. The lowest BCUT2D eigenvalue weighted by Gasteiger charge is -2.14. The van der Waals surface area contributed by atoms with E-state index in [1.165, 1.54) is 5.56 Å². The lowest BCUT2D eigenvalue weighted by Crippen LogP contribution is -2.23. The first-order chi connectivity index (χ1) is 10.2. The molecule has 1 fully saturated rings. The molecule has 2 aromatic rings. The molecule has 1 atom stereocenters. The van der Waals surface area contributed by atoms with Crippen LogP contribution >= 0.6 is 0 Å². The van der Waals surface area contributed by atoms with Crippen LogP contribution in [0.2, 0.25) is 0 Å². The maximum Gasteiger partial charge on any atom is 0.224 e. The number of nitrogens with zero attached hydrogens (tertiary/aromatic N) is 4. The standard InChI is InChI=1S/C16H19FN4/c1-20-16(21-11-10-14(17)12-21)18-15(19-20)9-5-8-13-6-3-2-4-7-13/h2-7,9,14H,8,10-12H2,1H3. The highest BCUT2D eigenvalue weighted by Crippen LogP contribution is 2.19. The van der Waals surface area contributed by atoms with Crippen molar-refractivity contribution in [2.45, 2.75) is 19.0 Å². The largest absolute Gasteiger partial charge is 0.338 e. The molecule has 110 valence electrons. The first kappa shape index (κ1) is 13.8. The second-order valence-corrected chi connectivity index (χ2v) is 5.32. The lowest BCUT2D eigenvalue weighted by molar-refractivity contribution is 0.364. The molecule has 0 aliphatic carbocycles. The Morgan fingerprint density at radius 2 is 2.14 bits per heavy atom. The number of halogens is 1. The third-order valence-electron chi connectivity index (χ3n) is 3.63. The topological polar surface area (TPSA) is 34.0 Å². The van der Waals surface area contributed by atoms with Gasteiger partial charge in [-0.3, -0.25) is 0 Å². The second kappa shape index (κ2) is 6.08. The van der Waals surface area contributed by atoms with Gasteiger partial charge in [-0.2, -0.15) is 10.1 Å². The number of aryl methyl sites for hydroxylation is 1. The third kappa shape index (κ3) is 3.29. The number of aromatic nitrogens is 3. The summed E-state index contributed by atoms with van der Waals surface area (Å²) < 4.78 is 15.0. The van der Waals surface area contributed by atoms with E-state index in [2.05, 4.69) is 28.3 Å². The minimum absolute atomic E-state index is 0.416. The number of hydrogen-bond acceptors (Lipinski definition) is 3. The van der Waals surface area contributed by atoms with Crippen LogP contribution in [0.5, 0.6) is 0 Å². The fourth-order valence-electron chi connectivity index (χ4n) is 2.56. The van der Waals surface area contributed by atoms with Crippen LogP contribution in [0.3, 0.4) is 0 Å². The first-order valence-electron chi connectivity index (χ1n) is 7.23. The van der Waals surface area contributed by atoms with E-state index in [0.29, 0.717) is 25.3 Å². The molecule has 0 spiro atoms. The number of allylic oxidation sites excluding steroid dienone is 1. The molecule has 21 heavy (non-hydrogen) atoms. The number of anilines is 1. The van der Waals surface area contributed by atoms with Gasteiger partial charge in [0.1, 0.15) is 6.17 Å². The maximum absolute atomic E-state index is 13.3. The van der Waals surface area contributed by atoms with Gasteiger partial charge in [0.15, 0.2) is 5.82 Å². The highest BCUT2D eigenvalue weighted by molar-refractivity contribution is 5.45. The molecular formula is C16H19FN4. The molecule has 1 aromatic heterocycles. The van der Waals surface area contributed by atoms with Crippen LogP contribution in [0.25, 0.3) is 6.08 Å². The Morgan fingerprint density at radius 3 is 2.86 bits per heavy atom. The minimum Gasteiger partial charge on any atom is -0.338 e. The van der Waals surface area contributed by atoms with Gasteiger partial charge < -0.3 is 4.90 Å². The Kier molecular flexibility index (Phi) is 3.99. The summed E-state index contributed by atoms with van der Waals surface area (Å²) in [5, 5.41) is 4.37. The molecule has 0 radical (unpaired) electrons. The van der Waals surface area contributed by atoms with Gasteiger partial charge in [-0.25, -0.2) is 9.07 Å². The fourth-order valence-corrected chi connectivity index (χ4v) is 2.56. The zero-order valence-corrected chi connectivity index (χ0v) is 12.1. The summed E-state index contributed by atoms with van der Waals surface area (Å²) in [4.78, 5) is 6.43. The SMILES string of the molecule is Cn1nc(C=CCc2ccccc2)nc1N1CCC(F)C1. The molecule has 0 amide bonds. The van der Waals surface area contributed by atoms with Crippen molar-refractivity contribution in [2.75, 3.05) is 18.0 Å². The van der Waals surface area contributed by atoms with E-state index in [9.17, 15) is 4.39 Å². The van der Waals surface area contributed by atoms with E-state index in [-0.39, 0.29) is 0 Å².